The van der Waals surface area contributed by atoms with E-state index in [9.17, 15) is 9.90 Å². The lowest BCUT2D eigenvalue weighted by atomic mass is 10.0. The number of benzene rings is 2. The van der Waals surface area contributed by atoms with E-state index >= 15 is 0 Å². The molecule has 0 bridgehead atoms. The first-order chi connectivity index (χ1) is 10.3. The van der Waals surface area contributed by atoms with Gasteiger partial charge in [-0.1, -0.05) is 48.5 Å². The number of amides is 1. The third-order valence-corrected chi connectivity index (χ3v) is 3.62. The summed E-state index contributed by atoms with van der Waals surface area (Å²) in [5.41, 5.74) is 2.39. The molecule has 0 unspecified atom stereocenters. The molecule has 2 aromatic rings. The van der Waals surface area contributed by atoms with Crippen LogP contribution in [-0.4, -0.2) is 28.6 Å². The van der Waals surface area contributed by atoms with Gasteiger partial charge < -0.3 is 10.0 Å². The normalized spacial score (nSPS) is 18.2. The fourth-order valence-electron chi connectivity index (χ4n) is 2.55. The summed E-state index contributed by atoms with van der Waals surface area (Å²) in [7, 11) is 0. The summed E-state index contributed by atoms with van der Waals surface area (Å²) in [6, 6.07) is 19.0. The van der Waals surface area contributed by atoms with Gasteiger partial charge in [0.2, 0.25) is 0 Å². The van der Waals surface area contributed by atoms with Crippen LogP contribution in [0.4, 0.5) is 0 Å². The van der Waals surface area contributed by atoms with E-state index in [1.807, 2.05) is 60.7 Å². The van der Waals surface area contributed by atoms with Crippen LogP contribution in [0.25, 0.3) is 5.70 Å². The number of carbonyl (C=O) groups excluding carboxylic acids is 1. The molecule has 3 rings (SSSR count). The molecule has 0 aromatic heterocycles. The molecule has 1 N–H and O–H groups in total. The van der Waals surface area contributed by atoms with Crippen LogP contribution < -0.4 is 0 Å². The molecular formula is C18H17NO2. The molecule has 1 aliphatic rings. The number of carbonyl (C=O) groups is 1. The second-order valence-corrected chi connectivity index (χ2v) is 5.10. The molecule has 0 spiro atoms. The van der Waals surface area contributed by atoms with Crippen LogP contribution in [0.1, 0.15) is 22.3 Å². The van der Waals surface area contributed by atoms with Crippen molar-refractivity contribution in [2.75, 3.05) is 6.54 Å². The van der Waals surface area contributed by atoms with Gasteiger partial charge in [0.15, 0.2) is 0 Å². The summed E-state index contributed by atoms with van der Waals surface area (Å²) >= 11 is 0. The average Bonchev–Trinajstić information content (AvgIpc) is 2.56. The monoisotopic (exact) mass is 279 g/mol. The maximum atomic E-state index is 12.7. The smallest absolute Gasteiger partial charge is 0.258 e. The lowest BCUT2D eigenvalue weighted by molar-refractivity contribution is 0.0804. The van der Waals surface area contributed by atoms with Crippen LogP contribution in [0.15, 0.2) is 66.7 Å². The predicted octanol–water partition coefficient (Wildman–Crippen LogP) is 2.93. The highest BCUT2D eigenvalue weighted by Crippen LogP contribution is 2.26. The van der Waals surface area contributed by atoms with E-state index in [0.29, 0.717) is 18.5 Å². The van der Waals surface area contributed by atoms with Crippen LogP contribution in [-0.2, 0) is 0 Å². The van der Waals surface area contributed by atoms with Crippen molar-refractivity contribution in [3.8, 4) is 0 Å². The number of hydrogen-bond donors (Lipinski definition) is 1. The molecule has 1 heterocycles. The van der Waals surface area contributed by atoms with Crippen LogP contribution >= 0.6 is 0 Å². The summed E-state index contributed by atoms with van der Waals surface area (Å²) in [5, 5.41) is 9.90. The van der Waals surface area contributed by atoms with Crippen molar-refractivity contribution < 1.29 is 9.90 Å². The van der Waals surface area contributed by atoms with Crippen molar-refractivity contribution >= 4 is 11.6 Å². The van der Waals surface area contributed by atoms with E-state index in [0.717, 1.165) is 11.3 Å². The Balaban J connectivity index is 1.97. The lowest BCUT2D eigenvalue weighted by Crippen LogP contribution is -2.35. The Hall–Kier alpha value is -2.39. The van der Waals surface area contributed by atoms with E-state index in [-0.39, 0.29) is 5.91 Å². The average molecular weight is 279 g/mol. The molecule has 0 fully saturated rings. The van der Waals surface area contributed by atoms with Crippen molar-refractivity contribution in [2.45, 2.75) is 12.5 Å². The standard InChI is InChI=1S/C18H17NO2/c20-16-11-12-19(18(21)15-9-5-2-6-10-15)17(13-16)14-7-3-1-4-8-14/h1-10,13,16,20H,11-12H2/t16-/m1/s1. The Bertz CT molecular complexity index is 649. The number of nitrogens with zero attached hydrogens (tertiary/aromatic N) is 1. The Morgan fingerprint density at radius 1 is 1.00 bits per heavy atom. The van der Waals surface area contributed by atoms with Gasteiger partial charge in [0.05, 0.1) is 6.10 Å². The van der Waals surface area contributed by atoms with Gasteiger partial charge in [-0.3, -0.25) is 4.79 Å². The molecule has 106 valence electrons. The van der Waals surface area contributed by atoms with Gasteiger partial charge in [0.25, 0.3) is 5.91 Å². The second-order valence-electron chi connectivity index (χ2n) is 5.10. The highest BCUT2D eigenvalue weighted by molar-refractivity contribution is 5.99. The van der Waals surface area contributed by atoms with Crippen molar-refractivity contribution in [1.29, 1.82) is 0 Å². The summed E-state index contributed by atoms with van der Waals surface area (Å²) in [6.07, 6.45) is 1.83. The zero-order valence-electron chi connectivity index (χ0n) is 11.6. The van der Waals surface area contributed by atoms with Crippen molar-refractivity contribution in [1.82, 2.24) is 4.90 Å². The van der Waals surface area contributed by atoms with Gasteiger partial charge in [-0.25, -0.2) is 0 Å². The molecule has 3 nitrogen and oxygen atoms in total. The van der Waals surface area contributed by atoms with E-state index in [2.05, 4.69) is 0 Å². The first-order valence-corrected chi connectivity index (χ1v) is 7.08. The molecule has 1 aliphatic heterocycles. The molecule has 2 aromatic carbocycles. The first kappa shape index (κ1) is 13.6. The summed E-state index contributed by atoms with van der Waals surface area (Å²) < 4.78 is 0. The van der Waals surface area contributed by atoms with Gasteiger partial charge >= 0.3 is 0 Å². The lowest BCUT2D eigenvalue weighted by Gasteiger charge is -2.31. The van der Waals surface area contributed by atoms with Gasteiger partial charge in [0, 0.05) is 17.8 Å². The van der Waals surface area contributed by atoms with Crippen LogP contribution in [0.5, 0.6) is 0 Å². The SMILES string of the molecule is O=C(c1ccccc1)N1CC[C@@H](O)C=C1c1ccccc1. The number of aliphatic hydroxyl groups is 1. The highest BCUT2D eigenvalue weighted by atomic mass is 16.3. The third-order valence-electron chi connectivity index (χ3n) is 3.62. The maximum absolute atomic E-state index is 12.7. The van der Waals surface area contributed by atoms with Gasteiger partial charge in [0.1, 0.15) is 0 Å². The summed E-state index contributed by atoms with van der Waals surface area (Å²) in [4.78, 5) is 14.4. The summed E-state index contributed by atoms with van der Waals surface area (Å²) in [6.45, 7) is 0.523. The topological polar surface area (TPSA) is 40.5 Å². The van der Waals surface area contributed by atoms with E-state index in [1.54, 1.807) is 11.0 Å². The zero-order chi connectivity index (χ0) is 14.7. The van der Waals surface area contributed by atoms with Gasteiger partial charge in [-0.2, -0.15) is 0 Å². The maximum Gasteiger partial charge on any atom is 0.258 e. The number of hydrogen-bond acceptors (Lipinski definition) is 2. The molecule has 1 amide bonds. The minimum atomic E-state index is -0.500. The Kier molecular flexibility index (Phi) is 3.84. The quantitative estimate of drug-likeness (QED) is 0.918. The predicted molar refractivity (Wildman–Crippen MR) is 82.5 cm³/mol. The molecule has 0 aliphatic carbocycles. The minimum absolute atomic E-state index is 0.0300. The Morgan fingerprint density at radius 2 is 1.62 bits per heavy atom. The fraction of sp³-hybridized carbons (Fsp3) is 0.167. The molecule has 0 radical (unpaired) electrons. The van der Waals surface area contributed by atoms with Gasteiger partial charge in [-0.05, 0) is 30.2 Å². The third kappa shape index (κ3) is 2.88. The highest BCUT2D eigenvalue weighted by Gasteiger charge is 2.25. The minimum Gasteiger partial charge on any atom is -0.389 e. The number of aliphatic hydroxyl groups excluding tert-OH is 1. The van der Waals surface area contributed by atoms with E-state index in [1.165, 1.54) is 0 Å². The molecule has 0 saturated heterocycles. The molecule has 21 heavy (non-hydrogen) atoms. The molecule has 1 atom stereocenters. The molecule has 3 heteroatoms. The number of rotatable bonds is 2. The van der Waals surface area contributed by atoms with Crippen LogP contribution in [0.3, 0.4) is 0 Å². The Labute approximate surface area is 124 Å². The second kappa shape index (κ2) is 5.94. The fourth-order valence-corrected chi connectivity index (χ4v) is 2.55. The van der Waals surface area contributed by atoms with Crippen molar-refractivity contribution in [3.05, 3.63) is 77.9 Å². The Morgan fingerprint density at radius 3 is 2.29 bits per heavy atom. The van der Waals surface area contributed by atoms with Crippen molar-refractivity contribution in [2.24, 2.45) is 0 Å². The summed E-state index contributed by atoms with van der Waals surface area (Å²) in [5.74, 6) is -0.0300. The molecule has 0 saturated carbocycles. The van der Waals surface area contributed by atoms with E-state index < -0.39 is 6.10 Å². The van der Waals surface area contributed by atoms with Crippen molar-refractivity contribution in [3.63, 3.8) is 0 Å². The van der Waals surface area contributed by atoms with Crippen LogP contribution in [0.2, 0.25) is 0 Å². The first-order valence-electron chi connectivity index (χ1n) is 7.08. The van der Waals surface area contributed by atoms with E-state index in [4.69, 9.17) is 0 Å². The van der Waals surface area contributed by atoms with Gasteiger partial charge in [-0.15, -0.1) is 0 Å². The van der Waals surface area contributed by atoms with Crippen LogP contribution in [0, 0.1) is 0 Å². The largest absolute Gasteiger partial charge is 0.389 e. The zero-order valence-corrected chi connectivity index (χ0v) is 11.6. The molecular weight excluding hydrogens is 262 g/mol.